The van der Waals surface area contributed by atoms with Gasteiger partial charge in [0, 0.05) is 18.8 Å². The molecule has 35 heavy (non-hydrogen) atoms. The molecule has 0 saturated heterocycles. The Kier molecular flexibility index (Phi) is 11.4. The first-order valence-electron chi connectivity index (χ1n) is 12.4. The van der Waals surface area contributed by atoms with Gasteiger partial charge in [-0.3, -0.25) is 4.79 Å². The van der Waals surface area contributed by atoms with E-state index in [1.54, 1.807) is 0 Å². The van der Waals surface area contributed by atoms with E-state index in [2.05, 4.69) is 49.3 Å². The SMILES string of the molecule is CCC(CC(=O)OCCl)c1ccc(N(CC(C)C)CC(C)C)c(NC(=O)Nc2ccc(C)cc2)c1. The molecule has 0 radical (unpaired) electrons. The topological polar surface area (TPSA) is 70.7 Å². The zero-order valence-electron chi connectivity index (χ0n) is 21.9. The van der Waals surface area contributed by atoms with Crippen LogP contribution in [0.4, 0.5) is 21.9 Å². The van der Waals surface area contributed by atoms with Gasteiger partial charge in [-0.2, -0.15) is 0 Å². The maximum absolute atomic E-state index is 13.0. The van der Waals surface area contributed by atoms with Gasteiger partial charge in [-0.15, -0.1) is 0 Å². The highest BCUT2D eigenvalue weighted by molar-refractivity contribution is 6.17. The molecule has 0 bridgehead atoms. The van der Waals surface area contributed by atoms with Crippen LogP contribution >= 0.6 is 11.6 Å². The molecule has 0 aliphatic heterocycles. The molecule has 7 heteroatoms. The second kappa shape index (κ2) is 14.0. The molecule has 0 aliphatic rings. The summed E-state index contributed by atoms with van der Waals surface area (Å²) in [6.07, 6.45) is 0.993. The van der Waals surface area contributed by atoms with Gasteiger partial charge in [0.05, 0.1) is 17.8 Å². The number of urea groups is 1. The first-order chi connectivity index (χ1) is 16.6. The highest BCUT2D eigenvalue weighted by atomic mass is 35.5. The molecule has 2 amide bonds. The third kappa shape index (κ3) is 9.44. The summed E-state index contributed by atoms with van der Waals surface area (Å²) in [5, 5.41) is 5.99. The summed E-state index contributed by atoms with van der Waals surface area (Å²) < 4.78 is 4.95. The number of aryl methyl sites for hydroxylation is 1. The van der Waals surface area contributed by atoms with Crippen LogP contribution in [0.3, 0.4) is 0 Å². The molecule has 6 nitrogen and oxygen atoms in total. The van der Waals surface area contributed by atoms with Crippen LogP contribution in [-0.4, -0.2) is 31.2 Å². The molecule has 0 fully saturated rings. The highest BCUT2D eigenvalue weighted by Gasteiger charge is 2.21. The Morgan fingerprint density at radius 2 is 1.60 bits per heavy atom. The lowest BCUT2D eigenvalue weighted by atomic mass is 9.92. The van der Waals surface area contributed by atoms with Crippen LogP contribution in [0.5, 0.6) is 0 Å². The van der Waals surface area contributed by atoms with E-state index in [9.17, 15) is 9.59 Å². The number of halogens is 1. The third-order valence-corrected chi connectivity index (χ3v) is 5.79. The number of alkyl halides is 1. The van der Waals surface area contributed by atoms with Crippen molar-refractivity contribution in [3.8, 4) is 0 Å². The van der Waals surface area contributed by atoms with E-state index >= 15 is 0 Å². The minimum atomic E-state index is -0.330. The summed E-state index contributed by atoms with van der Waals surface area (Å²) >= 11 is 5.56. The molecule has 0 heterocycles. The molecule has 2 aromatic rings. The first-order valence-corrected chi connectivity index (χ1v) is 12.9. The van der Waals surface area contributed by atoms with Gasteiger partial charge in [-0.25, -0.2) is 4.79 Å². The normalized spacial score (nSPS) is 11.9. The van der Waals surface area contributed by atoms with Crippen molar-refractivity contribution in [3.05, 3.63) is 53.6 Å². The Labute approximate surface area is 215 Å². The predicted octanol–water partition coefficient (Wildman–Crippen LogP) is 7.38. The van der Waals surface area contributed by atoms with Gasteiger partial charge in [0.25, 0.3) is 0 Å². The fourth-order valence-corrected chi connectivity index (χ4v) is 4.20. The number of nitrogens with zero attached hydrogens (tertiary/aromatic N) is 1. The number of anilines is 3. The number of carbonyl (C=O) groups excluding carboxylic acids is 2. The van der Waals surface area contributed by atoms with Crippen LogP contribution in [0.15, 0.2) is 42.5 Å². The molecule has 1 unspecified atom stereocenters. The average Bonchev–Trinajstić information content (AvgIpc) is 2.78. The van der Waals surface area contributed by atoms with Crippen molar-refractivity contribution >= 4 is 40.7 Å². The quantitative estimate of drug-likeness (QED) is 0.235. The highest BCUT2D eigenvalue weighted by Crippen LogP contribution is 2.34. The van der Waals surface area contributed by atoms with Crippen LogP contribution in [0.25, 0.3) is 0 Å². The van der Waals surface area contributed by atoms with Crippen molar-refractivity contribution in [3.63, 3.8) is 0 Å². The maximum atomic E-state index is 13.0. The van der Waals surface area contributed by atoms with Crippen molar-refractivity contribution in [2.24, 2.45) is 11.8 Å². The van der Waals surface area contributed by atoms with Crippen LogP contribution in [0.2, 0.25) is 0 Å². The number of carbonyl (C=O) groups is 2. The summed E-state index contributed by atoms with van der Waals surface area (Å²) in [6, 6.07) is 13.3. The second-order valence-electron chi connectivity index (χ2n) is 9.85. The minimum Gasteiger partial charge on any atom is -0.449 e. The molecule has 0 aromatic heterocycles. The molecule has 1 atom stereocenters. The van der Waals surface area contributed by atoms with Gasteiger partial charge in [0.1, 0.15) is 0 Å². The van der Waals surface area contributed by atoms with Crippen LogP contribution in [-0.2, 0) is 9.53 Å². The molecular formula is C28H40ClN3O3. The largest absolute Gasteiger partial charge is 0.449 e. The van der Waals surface area contributed by atoms with Crippen molar-refractivity contribution in [1.82, 2.24) is 0 Å². The number of ether oxygens (including phenoxy) is 1. The van der Waals surface area contributed by atoms with Gasteiger partial charge in [-0.05, 0) is 60.9 Å². The Hall–Kier alpha value is -2.73. The zero-order valence-corrected chi connectivity index (χ0v) is 22.6. The smallest absolute Gasteiger partial charge is 0.323 e. The third-order valence-electron chi connectivity index (χ3n) is 5.68. The standard InChI is InChI=1S/C28H40ClN3O3/c1-7-22(15-27(33)35-18-29)23-10-13-26(32(16-19(2)3)17-20(4)5)25(14-23)31-28(34)30-24-11-8-21(6)9-12-24/h8-14,19-20,22H,7,15-18H2,1-6H3,(H2,30,31,34). The lowest BCUT2D eigenvalue weighted by Gasteiger charge is -2.31. The van der Waals surface area contributed by atoms with Crippen molar-refractivity contribution < 1.29 is 14.3 Å². The van der Waals surface area contributed by atoms with E-state index in [1.807, 2.05) is 50.2 Å². The summed E-state index contributed by atoms with van der Waals surface area (Å²) in [7, 11) is 0. The fraction of sp³-hybridized carbons (Fsp3) is 0.500. The molecule has 2 rings (SSSR count). The van der Waals surface area contributed by atoms with Gasteiger partial charge < -0.3 is 20.3 Å². The van der Waals surface area contributed by atoms with E-state index in [1.165, 1.54) is 0 Å². The minimum absolute atomic E-state index is 0.0378. The van der Waals surface area contributed by atoms with E-state index in [4.69, 9.17) is 16.3 Å². The van der Waals surface area contributed by atoms with E-state index in [0.717, 1.165) is 47.7 Å². The summed E-state index contributed by atoms with van der Waals surface area (Å²) in [5.41, 5.74) is 4.51. The second-order valence-corrected chi connectivity index (χ2v) is 10.1. The molecule has 0 spiro atoms. The van der Waals surface area contributed by atoms with Crippen molar-refractivity contribution in [2.45, 2.75) is 60.3 Å². The number of amides is 2. The lowest BCUT2D eigenvalue weighted by Crippen LogP contribution is -2.32. The van der Waals surface area contributed by atoms with Crippen LogP contribution < -0.4 is 15.5 Å². The first kappa shape index (κ1) is 28.5. The van der Waals surface area contributed by atoms with Crippen molar-refractivity contribution in [1.29, 1.82) is 0 Å². The molecule has 0 aliphatic carbocycles. The predicted molar refractivity (Wildman–Crippen MR) is 147 cm³/mol. The van der Waals surface area contributed by atoms with Gasteiger partial charge in [0.15, 0.2) is 6.07 Å². The fourth-order valence-electron chi connectivity index (χ4n) is 4.08. The molecule has 192 valence electrons. The number of esters is 1. The van der Waals surface area contributed by atoms with Gasteiger partial charge in [-0.1, -0.05) is 70.0 Å². The molecular weight excluding hydrogens is 462 g/mol. The van der Waals surface area contributed by atoms with Gasteiger partial charge >= 0.3 is 12.0 Å². The monoisotopic (exact) mass is 501 g/mol. The number of hydrogen-bond donors (Lipinski definition) is 2. The Bertz CT molecular complexity index is 950. The average molecular weight is 502 g/mol. The Balaban J connectivity index is 2.40. The molecule has 2 N–H and O–H groups in total. The number of rotatable bonds is 12. The van der Waals surface area contributed by atoms with Crippen molar-refractivity contribution in [2.75, 3.05) is 34.7 Å². The van der Waals surface area contributed by atoms with Gasteiger partial charge in [0.2, 0.25) is 0 Å². The summed E-state index contributed by atoms with van der Waals surface area (Å²) in [5.74, 6) is 0.542. The number of nitrogens with one attached hydrogen (secondary N) is 2. The van der Waals surface area contributed by atoms with Crippen LogP contribution in [0.1, 0.15) is 64.5 Å². The summed E-state index contributed by atoms with van der Waals surface area (Å²) in [4.78, 5) is 27.4. The van der Waals surface area contributed by atoms with E-state index in [-0.39, 0.29) is 30.4 Å². The zero-order chi connectivity index (χ0) is 26.0. The number of hydrogen-bond acceptors (Lipinski definition) is 4. The molecule has 2 aromatic carbocycles. The summed E-state index contributed by atoms with van der Waals surface area (Å²) in [6.45, 7) is 14.5. The lowest BCUT2D eigenvalue weighted by molar-refractivity contribution is -0.142. The Morgan fingerprint density at radius 3 is 2.14 bits per heavy atom. The van der Waals surface area contributed by atoms with E-state index in [0.29, 0.717) is 11.8 Å². The number of benzene rings is 2. The molecule has 0 saturated carbocycles. The van der Waals surface area contributed by atoms with E-state index < -0.39 is 0 Å². The Morgan fingerprint density at radius 1 is 0.971 bits per heavy atom. The maximum Gasteiger partial charge on any atom is 0.323 e. The van der Waals surface area contributed by atoms with Crippen LogP contribution in [0, 0.1) is 18.8 Å².